The largest absolute Gasteiger partial charge is 0.351 e. The first-order valence-corrected chi connectivity index (χ1v) is 11.4. The van der Waals surface area contributed by atoms with E-state index in [4.69, 9.17) is 0 Å². The SMILES string of the molecule is C=C/C(C#Cc1cc(C(=O)NCCSCNN=C(C)C)ccc1-n1cccn1)=C\C=C/C. The van der Waals surface area contributed by atoms with Crippen LogP contribution in [-0.2, 0) is 0 Å². The number of carbonyl (C=O) groups excluding carboxylic acids is 1. The van der Waals surface area contributed by atoms with Gasteiger partial charge in [-0.05, 0) is 51.1 Å². The Kier molecular flexibility index (Phi) is 10.6. The van der Waals surface area contributed by atoms with Gasteiger partial charge in [0.1, 0.15) is 0 Å². The number of hydrazone groups is 1. The van der Waals surface area contributed by atoms with Crippen molar-refractivity contribution in [1.29, 1.82) is 0 Å². The van der Waals surface area contributed by atoms with E-state index in [-0.39, 0.29) is 5.91 Å². The van der Waals surface area contributed by atoms with Gasteiger partial charge in [-0.15, -0.1) is 11.8 Å². The topological polar surface area (TPSA) is 71.3 Å². The number of nitrogens with one attached hydrogen (secondary N) is 2. The normalized spacial score (nSPS) is 10.9. The van der Waals surface area contributed by atoms with E-state index >= 15 is 0 Å². The van der Waals surface area contributed by atoms with Gasteiger partial charge >= 0.3 is 0 Å². The van der Waals surface area contributed by atoms with E-state index in [0.29, 0.717) is 23.5 Å². The molecule has 0 atom stereocenters. The Labute approximate surface area is 194 Å². The fraction of sp³-hybridized carbons (Fsp3) is 0.240. The van der Waals surface area contributed by atoms with E-state index in [1.807, 2.05) is 57.3 Å². The second-order valence-corrected chi connectivity index (χ2v) is 7.92. The van der Waals surface area contributed by atoms with Gasteiger partial charge in [-0.2, -0.15) is 10.2 Å². The van der Waals surface area contributed by atoms with Gasteiger partial charge in [-0.1, -0.05) is 36.6 Å². The van der Waals surface area contributed by atoms with Gasteiger partial charge in [-0.25, -0.2) is 4.68 Å². The number of hydrogen-bond acceptors (Lipinski definition) is 5. The molecule has 1 aromatic carbocycles. The standard InChI is InChI=1S/C25H29N5OS/c1-5-7-9-21(6-2)10-11-22-18-23(12-13-24(22)30-16-8-14-28-30)25(31)26-15-17-32-19-27-29-20(3)4/h5-9,12-14,16,18,27H,2,15,17,19H2,1,3-4H3,(H,26,31)/b7-5-,21-9+. The molecule has 0 fully saturated rings. The lowest BCUT2D eigenvalue weighted by Gasteiger charge is -2.09. The van der Waals surface area contributed by atoms with E-state index in [9.17, 15) is 4.79 Å². The van der Waals surface area contributed by atoms with Gasteiger partial charge in [0.25, 0.3) is 5.91 Å². The molecule has 1 heterocycles. The van der Waals surface area contributed by atoms with E-state index in [1.165, 1.54) is 0 Å². The lowest BCUT2D eigenvalue weighted by Crippen LogP contribution is -2.26. The van der Waals surface area contributed by atoms with Crippen molar-refractivity contribution in [3.8, 4) is 17.5 Å². The van der Waals surface area contributed by atoms with Crippen LogP contribution in [0.3, 0.4) is 0 Å². The minimum atomic E-state index is -0.135. The molecular formula is C25H29N5OS. The Balaban J connectivity index is 2.13. The number of rotatable bonds is 10. The van der Waals surface area contributed by atoms with Crippen LogP contribution in [0.5, 0.6) is 0 Å². The summed E-state index contributed by atoms with van der Waals surface area (Å²) in [5.41, 5.74) is 6.81. The van der Waals surface area contributed by atoms with Crippen LogP contribution in [0.4, 0.5) is 0 Å². The second kappa shape index (κ2) is 13.7. The van der Waals surface area contributed by atoms with Crippen molar-refractivity contribution in [3.05, 3.63) is 84.2 Å². The summed E-state index contributed by atoms with van der Waals surface area (Å²) >= 11 is 1.67. The second-order valence-electron chi connectivity index (χ2n) is 6.81. The molecule has 0 spiro atoms. The minimum absolute atomic E-state index is 0.135. The molecule has 0 unspecified atom stereocenters. The highest BCUT2D eigenvalue weighted by Crippen LogP contribution is 2.16. The number of carbonyl (C=O) groups is 1. The number of thioether (sulfide) groups is 1. The molecule has 0 bridgehead atoms. The van der Waals surface area contributed by atoms with Crippen LogP contribution in [-0.4, -0.2) is 39.6 Å². The highest BCUT2D eigenvalue weighted by molar-refractivity contribution is 7.99. The maximum absolute atomic E-state index is 12.6. The third-order valence-corrected chi connectivity index (χ3v) is 4.87. The average molecular weight is 448 g/mol. The van der Waals surface area contributed by atoms with Gasteiger partial charge in [-0.3, -0.25) is 4.79 Å². The zero-order valence-corrected chi connectivity index (χ0v) is 19.6. The highest BCUT2D eigenvalue weighted by Gasteiger charge is 2.10. The zero-order valence-electron chi connectivity index (χ0n) is 18.8. The molecular weight excluding hydrogens is 418 g/mol. The van der Waals surface area contributed by atoms with Crippen LogP contribution in [0.1, 0.15) is 36.7 Å². The summed E-state index contributed by atoms with van der Waals surface area (Å²) < 4.78 is 1.74. The number of aromatic nitrogens is 2. The molecule has 6 nitrogen and oxygen atoms in total. The summed E-state index contributed by atoms with van der Waals surface area (Å²) in [6, 6.07) is 7.29. The smallest absolute Gasteiger partial charge is 0.251 e. The lowest BCUT2D eigenvalue weighted by atomic mass is 10.1. The quantitative estimate of drug-likeness (QED) is 0.142. The molecule has 2 aromatic rings. The Bertz CT molecular complexity index is 1050. The Hall–Kier alpha value is -3.50. The van der Waals surface area contributed by atoms with E-state index in [2.05, 4.69) is 39.4 Å². The highest BCUT2D eigenvalue weighted by atomic mass is 32.2. The summed E-state index contributed by atoms with van der Waals surface area (Å²) in [5, 5.41) is 11.4. The first kappa shape index (κ1) is 24.8. The van der Waals surface area contributed by atoms with Crippen molar-refractivity contribution in [2.75, 3.05) is 18.2 Å². The monoisotopic (exact) mass is 447 g/mol. The fourth-order valence-corrected chi connectivity index (χ4v) is 3.08. The summed E-state index contributed by atoms with van der Waals surface area (Å²) in [5.74, 6) is 7.63. The van der Waals surface area contributed by atoms with E-state index < -0.39 is 0 Å². The number of allylic oxidation sites excluding steroid dienone is 5. The number of amides is 1. The molecule has 7 heteroatoms. The maximum Gasteiger partial charge on any atom is 0.251 e. The van der Waals surface area contributed by atoms with E-state index in [0.717, 1.165) is 22.7 Å². The van der Waals surface area contributed by atoms with Crippen molar-refractivity contribution >= 4 is 23.4 Å². The first-order valence-electron chi connectivity index (χ1n) is 10.3. The van der Waals surface area contributed by atoms with Crippen molar-refractivity contribution in [1.82, 2.24) is 20.5 Å². The molecule has 2 N–H and O–H groups in total. The van der Waals surface area contributed by atoms with Crippen LogP contribution in [0.25, 0.3) is 5.69 Å². The Morgan fingerprint density at radius 2 is 2.22 bits per heavy atom. The molecule has 2 rings (SSSR count). The van der Waals surface area contributed by atoms with Crippen molar-refractivity contribution in [2.45, 2.75) is 20.8 Å². The average Bonchev–Trinajstić information content (AvgIpc) is 3.33. The number of benzene rings is 1. The van der Waals surface area contributed by atoms with Crippen LogP contribution in [0.15, 0.2) is 78.2 Å². The molecule has 166 valence electrons. The predicted octanol–water partition coefficient (Wildman–Crippen LogP) is 4.32. The summed E-state index contributed by atoms with van der Waals surface area (Å²) in [7, 11) is 0. The van der Waals surface area contributed by atoms with Gasteiger partial charge in [0.2, 0.25) is 0 Å². The van der Waals surface area contributed by atoms with Gasteiger partial charge in [0, 0.05) is 41.5 Å². The van der Waals surface area contributed by atoms with Crippen LogP contribution < -0.4 is 10.7 Å². The van der Waals surface area contributed by atoms with Gasteiger partial charge in [0.15, 0.2) is 0 Å². The maximum atomic E-state index is 12.6. The molecule has 0 radical (unpaired) electrons. The summed E-state index contributed by atoms with van der Waals surface area (Å²) in [6.07, 6.45) is 11.0. The van der Waals surface area contributed by atoms with Crippen LogP contribution in [0, 0.1) is 11.8 Å². The molecule has 1 amide bonds. The lowest BCUT2D eigenvalue weighted by molar-refractivity contribution is 0.0956. The van der Waals surface area contributed by atoms with Crippen molar-refractivity contribution in [3.63, 3.8) is 0 Å². The molecule has 0 aliphatic rings. The molecule has 0 saturated heterocycles. The molecule has 1 aromatic heterocycles. The number of nitrogens with zero attached hydrogens (tertiary/aromatic N) is 3. The van der Waals surface area contributed by atoms with Gasteiger partial charge in [0.05, 0.1) is 17.1 Å². The summed E-state index contributed by atoms with van der Waals surface area (Å²) in [4.78, 5) is 12.6. The van der Waals surface area contributed by atoms with Crippen molar-refractivity contribution < 1.29 is 4.79 Å². The Morgan fingerprint density at radius 1 is 1.38 bits per heavy atom. The number of hydrogen-bond donors (Lipinski definition) is 2. The summed E-state index contributed by atoms with van der Waals surface area (Å²) in [6.45, 7) is 10.2. The minimum Gasteiger partial charge on any atom is -0.351 e. The third-order valence-electron chi connectivity index (χ3n) is 4.04. The zero-order chi connectivity index (χ0) is 23.2. The molecule has 0 aliphatic carbocycles. The van der Waals surface area contributed by atoms with Crippen molar-refractivity contribution in [2.24, 2.45) is 5.10 Å². The Morgan fingerprint density at radius 3 is 2.91 bits per heavy atom. The predicted molar refractivity (Wildman–Crippen MR) is 135 cm³/mol. The first-order chi connectivity index (χ1) is 15.5. The molecule has 32 heavy (non-hydrogen) atoms. The molecule has 0 saturated carbocycles. The third kappa shape index (κ3) is 8.32. The van der Waals surface area contributed by atoms with Crippen LogP contribution in [0.2, 0.25) is 0 Å². The van der Waals surface area contributed by atoms with Crippen LogP contribution >= 0.6 is 11.8 Å². The molecule has 0 aliphatic heterocycles. The van der Waals surface area contributed by atoms with E-state index in [1.54, 1.807) is 40.8 Å². The fourth-order valence-electron chi connectivity index (χ4n) is 2.54. The van der Waals surface area contributed by atoms with Gasteiger partial charge < -0.3 is 10.7 Å².